The van der Waals surface area contributed by atoms with Crippen molar-refractivity contribution in [1.82, 2.24) is 9.80 Å². The van der Waals surface area contributed by atoms with Crippen LogP contribution in [0.5, 0.6) is 0 Å². The molecule has 2 unspecified atom stereocenters. The Morgan fingerprint density at radius 2 is 1.84 bits per heavy atom. The molecular formula is C24H47N3O4. The van der Waals surface area contributed by atoms with E-state index in [4.69, 9.17) is 19.2 Å². The van der Waals surface area contributed by atoms with Crippen molar-refractivity contribution in [1.29, 1.82) is 0 Å². The van der Waals surface area contributed by atoms with Gasteiger partial charge in [0.1, 0.15) is 6.10 Å². The number of aliphatic hydroxyl groups is 1. The van der Waals surface area contributed by atoms with Gasteiger partial charge in [-0.3, -0.25) is 14.8 Å². The molecule has 0 aromatic heterocycles. The van der Waals surface area contributed by atoms with Crippen LogP contribution in [-0.2, 0) is 14.2 Å². The molecule has 2 heterocycles. The Hall–Kier alpha value is -0.570. The van der Waals surface area contributed by atoms with E-state index < -0.39 is 6.10 Å². The second kappa shape index (κ2) is 13.9. The molecular weight excluding hydrogens is 394 g/mol. The summed E-state index contributed by atoms with van der Waals surface area (Å²) in [4.78, 5) is 9.53. The summed E-state index contributed by atoms with van der Waals surface area (Å²) in [5.41, 5.74) is 1.31. The van der Waals surface area contributed by atoms with Gasteiger partial charge in [-0.25, -0.2) is 0 Å². The molecule has 2 fully saturated rings. The molecule has 7 nitrogen and oxygen atoms in total. The first kappa shape index (κ1) is 26.7. The van der Waals surface area contributed by atoms with E-state index in [-0.39, 0.29) is 5.41 Å². The van der Waals surface area contributed by atoms with Gasteiger partial charge in [0.25, 0.3) is 0 Å². The Morgan fingerprint density at radius 1 is 1.16 bits per heavy atom. The molecule has 0 saturated carbocycles. The van der Waals surface area contributed by atoms with Crippen LogP contribution in [0, 0.1) is 11.3 Å². The number of ether oxygens (including phenoxy) is 3. The maximum absolute atomic E-state index is 10.4. The van der Waals surface area contributed by atoms with E-state index in [0.29, 0.717) is 38.4 Å². The SMILES string of the molecule is C/C(CC(C)C)=N\CCN1CCN(CC(O)COCC(C)(C)CCOCC2CO2)CC1. The summed E-state index contributed by atoms with van der Waals surface area (Å²) in [7, 11) is 0. The molecule has 31 heavy (non-hydrogen) atoms. The molecule has 2 aliphatic rings. The molecule has 2 aliphatic heterocycles. The highest BCUT2D eigenvalue weighted by molar-refractivity contribution is 5.82. The van der Waals surface area contributed by atoms with Crippen molar-refractivity contribution in [3.63, 3.8) is 0 Å². The molecule has 0 aromatic carbocycles. The van der Waals surface area contributed by atoms with Crippen LogP contribution in [0.1, 0.15) is 47.5 Å². The van der Waals surface area contributed by atoms with E-state index in [1.165, 1.54) is 5.71 Å². The van der Waals surface area contributed by atoms with Crippen LogP contribution in [0.2, 0.25) is 0 Å². The normalized spacial score (nSPS) is 22.3. The molecule has 2 atom stereocenters. The summed E-state index contributed by atoms with van der Waals surface area (Å²) < 4.78 is 16.6. The minimum atomic E-state index is -0.436. The molecule has 0 amide bonds. The average molecular weight is 442 g/mol. The van der Waals surface area contributed by atoms with Crippen LogP contribution in [0.25, 0.3) is 0 Å². The zero-order chi connectivity index (χ0) is 22.7. The lowest BCUT2D eigenvalue weighted by Gasteiger charge is -2.35. The fourth-order valence-corrected chi connectivity index (χ4v) is 3.85. The average Bonchev–Trinajstić information content (AvgIpc) is 3.50. The third-order valence-corrected chi connectivity index (χ3v) is 5.87. The zero-order valence-electron chi connectivity index (χ0n) is 20.6. The van der Waals surface area contributed by atoms with Crippen molar-refractivity contribution in [3.05, 3.63) is 0 Å². The van der Waals surface area contributed by atoms with E-state index in [9.17, 15) is 5.11 Å². The molecule has 0 aliphatic carbocycles. The Morgan fingerprint density at radius 3 is 2.48 bits per heavy atom. The first-order valence-electron chi connectivity index (χ1n) is 12.1. The van der Waals surface area contributed by atoms with Crippen LogP contribution in [0.15, 0.2) is 4.99 Å². The number of nitrogens with zero attached hydrogens (tertiary/aromatic N) is 3. The highest BCUT2D eigenvalue weighted by atomic mass is 16.6. The molecule has 2 saturated heterocycles. The van der Waals surface area contributed by atoms with Crippen LogP contribution in [0.4, 0.5) is 0 Å². The van der Waals surface area contributed by atoms with Gasteiger partial charge in [-0.2, -0.15) is 0 Å². The lowest BCUT2D eigenvalue weighted by Crippen LogP contribution is -2.49. The number of β-amino-alcohol motifs (C(OH)–C–C–N with tert-alkyl or cyclic N) is 1. The second-order valence-corrected chi connectivity index (χ2v) is 10.5. The highest BCUT2D eigenvalue weighted by Gasteiger charge is 2.24. The third kappa shape index (κ3) is 12.9. The molecule has 0 spiro atoms. The Kier molecular flexibility index (Phi) is 11.9. The standard InChI is InChI=1S/C24H47N3O4/c1-20(2)14-21(3)25-7-8-26-9-11-27(12-10-26)15-22(28)16-30-19-24(4,5)6-13-29-17-23-18-31-23/h20,22-23,28H,6-19H2,1-5H3/b25-21+. The molecule has 2 rings (SSSR count). The maximum Gasteiger partial charge on any atom is 0.104 e. The number of aliphatic hydroxyl groups excluding tert-OH is 1. The Balaban J connectivity index is 1.50. The van der Waals surface area contributed by atoms with E-state index in [1.807, 2.05) is 0 Å². The first-order chi connectivity index (χ1) is 14.7. The van der Waals surface area contributed by atoms with Crippen LogP contribution in [0.3, 0.4) is 0 Å². The summed E-state index contributed by atoms with van der Waals surface area (Å²) in [6, 6.07) is 0. The van der Waals surface area contributed by atoms with Gasteiger partial charge in [-0.15, -0.1) is 0 Å². The van der Waals surface area contributed by atoms with Gasteiger partial charge in [-0.05, 0) is 31.1 Å². The van der Waals surface area contributed by atoms with E-state index in [2.05, 4.69) is 44.4 Å². The summed E-state index contributed by atoms with van der Waals surface area (Å²) in [6.07, 6.45) is 1.92. The van der Waals surface area contributed by atoms with Crippen molar-refractivity contribution in [2.75, 3.05) is 78.8 Å². The monoisotopic (exact) mass is 441 g/mol. The number of epoxide rings is 1. The van der Waals surface area contributed by atoms with Gasteiger partial charge >= 0.3 is 0 Å². The summed E-state index contributed by atoms with van der Waals surface area (Å²) >= 11 is 0. The molecule has 7 heteroatoms. The maximum atomic E-state index is 10.4. The predicted molar refractivity (Wildman–Crippen MR) is 126 cm³/mol. The fraction of sp³-hybridized carbons (Fsp3) is 0.958. The molecule has 1 N–H and O–H groups in total. The quantitative estimate of drug-likeness (QED) is 0.225. The van der Waals surface area contributed by atoms with Gasteiger partial charge in [0.2, 0.25) is 0 Å². The number of rotatable bonds is 16. The minimum Gasteiger partial charge on any atom is -0.389 e. The van der Waals surface area contributed by atoms with E-state index in [0.717, 1.165) is 65.3 Å². The van der Waals surface area contributed by atoms with Crippen LogP contribution >= 0.6 is 0 Å². The van der Waals surface area contributed by atoms with Gasteiger partial charge < -0.3 is 19.3 Å². The molecule has 182 valence electrons. The lowest BCUT2D eigenvalue weighted by atomic mass is 9.91. The van der Waals surface area contributed by atoms with Crippen molar-refractivity contribution >= 4 is 5.71 Å². The molecule has 0 radical (unpaired) electrons. The largest absolute Gasteiger partial charge is 0.389 e. The summed E-state index contributed by atoms with van der Waals surface area (Å²) in [5.74, 6) is 0.676. The second-order valence-electron chi connectivity index (χ2n) is 10.5. The van der Waals surface area contributed by atoms with Gasteiger partial charge in [-0.1, -0.05) is 27.7 Å². The van der Waals surface area contributed by atoms with Gasteiger partial charge in [0.05, 0.1) is 39.1 Å². The van der Waals surface area contributed by atoms with Crippen molar-refractivity contribution in [2.24, 2.45) is 16.3 Å². The fourth-order valence-electron chi connectivity index (χ4n) is 3.85. The summed E-state index contributed by atoms with van der Waals surface area (Å²) in [5, 5.41) is 10.4. The lowest BCUT2D eigenvalue weighted by molar-refractivity contribution is -0.0234. The molecule has 0 bridgehead atoms. The van der Waals surface area contributed by atoms with Crippen LogP contribution < -0.4 is 0 Å². The minimum absolute atomic E-state index is 0.0474. The Bertz CT molecular complexity index is 515. The van der Waals surface area contributed by atoms with Crippen LogP contribution in [-0.4, -0.2) is 112 Å². The van der Waals surface area contributed by atoms with Gasteiger partial charge in [0, 0.05) is 51.6 Å². The number of aliphatic imine (C=N–C) groups is 1. The first-order valence-corrected chi connectivity index (χ1v) is 12.1. The summed E-state index contributed by atoms with van der Waals surface area (Å²) in [6.45, 7) is 21.0. The number of hydrogen-bond acceptors (Lipinski definition) is 7. The highest BCUT2D eigenvalue weighted by Crippen LogP contribution is 2.21. The number of hydrogen-bond donors (Lipinski definition) is 1. The van der Waals surface area contributed by atoms with Crippen molar-refractivity contribution in [3.8, 4) is 0 Å². The number of piperazine rings is 1. The topological polar surface area (TPSA) is 70.1 Å². The van der Waals surface area contributed by atoms with E-state index >= 15 is 0 Å². The predicted octanol–water partition coefficient (Wildman–Crippen LogP) is 2.32. The smallest absolute Gasteiger partial charge is 0.104 e. The Labute approximate surface area is 190 Å². The van der Waals surface area contributed by atoms with Gasteiger partial charge in [0.15, 0.2) is 0 Å². The van der Waals surface area contributed by atoms with E-state index in [1.54, 1.807) is 0 Å². The zero-order valence-corrected chi connectivity index (χ0v) is 20.6. The third-order valence-electron chi connectivity index (χ3n) is 5.87. The molecule has 0 aromatic rings. The van der Waals surface area contributed by atoms with Crippen molar-refractivity contribution in [2.45, 2.75) is 59.7 Å². The van der Waals surface area contributed by atoms with Crippen molar-refractivity contribution < 1.29 is 19.3 Å².